The Kier molecular flexibility index (Phi) is 7.67. The summed E-state index contributed by atoms with van der Waals surface area (Å²) in [6, 6.07) is 53.7. The average molecular weight is 571 g/mol. The van der Waals surface area contributed by atoms with Crippen molar-refractivity contribution in [1.29, 1.82) is 0 Å². The highest BCUT2D eigenvalue weighted by atomic mass is 16.5. The van der Waals surface area contributed by atoms with Crippen LogP contribution in [-0.2, 0) is 0 Å². The maximum Gasteiger partial charge on any atom is 0.119 e. The maximum atomic E-state index is 5.72. The van der Waals surface area contributed by atoms with Gasteiger partial charge >= 0.3 is 0 Å². The topological polar surface area (TPSA) is 17.4 Å². The Morgan fingerprint density at radius 3 is 1.82 bits per heavy atom. The molecule has 0 unspecified atom stereocenters. The third-order valence-electron chi connectivity index (χ3n) is 7.92. The van der Waals surface area contributed by atoms with Crippen molar-refractivity contribution in [3.8, 4) is 11.4 Å². The maximum absolute atomic E-state index is 5.72. The fourth-order valence-corrected chi connectivity index (χ4v) is 5.80. The summed E-state index contributed by atoms with van der Waals surface area (Å²) in [6.07, 6.45) is 5.31. The van der Waals surface area contributed by atoms with E-state index < -0.39 is 0 Å². The van der Waals surface area contributed by atoms with E-state index in [9.17, 15) is 0 Å². The van der Waals surface area contributed by atoms with Gasteiger partial charge in [-0.25, -0.2) is 0 Å². The minimum atomic E-state index is 0.742. The van der Waals surface area contributed by atoms with E-state index >= 15 is 0 Å². The highest BCUT2D eigenvalue weighted by Crippen LogP contribution is 2.39. The summed E-state index contributed by atoms with van der Waals surface area (Å²) in [7, 11) is 0. The molecule has 0 aliphatic heterocycles. The van der Waals surface area contributed by atoms with Crippen molar-refractivity contribution >= 4 is 51.0 Å². The fourth-order valence-electron chi connectivity index (χ4n) is 5.80. The Labute approximate surface area is 258 Å². The Bertz CT molecular complexity index is 2020. The number of ether oxygens (including phenoxy) is 1. The molecule has 0 saturated heterocycles. The molecule has 3 heteroatoms. The van der Waals surface area contributed by atoms with Crippen LogP contribution < -0.4 is 9.64 Å². The first kappa shape index (κ1) is 27.3. The molecular formula is C41H34N2O. The third-order valence-corrected chi connectivity index (χ3v) is 7.92. The van der Waals surface area contributed by atoms with E-state index in [-0.39, 0.29) is 0 Å². The molecule has 0 saturated carbocycles. The number of hydrogen-bond acceptors (Lipinski definition) is 2. The standard InChI is InChI=1S/C41H34N2O/c1-2-29-44-37-26-21-32(22-27-37)18-17-31-19-23-35(24-20-31)42(33-11-5-3-6-12-33)36-25-28-41-39(30-36)38-15-9-10-16-40(38)43(41)34-13-7-4-8-14-34/h3-28,30H,2,29H2,1H3/b18-17+. The van der Waals surface area contributed by atoms with Gasteiger partial charge < -0.3 is 14.2 Å². The number of para-hydroxylation sites is 3. The van der Waals surface area contributed by atoms with Crippen molar-refractivity contribution in [2.75, 3.05) is 11.5 Å². The molecule has 7 aromatic rings. The van der Waals surface area contributed by atoms with Gasteiger partial charge in [-0.2, -0.15) is 0 Å². The summed E-state index contributed by atoms with van der Waals surface area (Å²) >= 11 is 0. The zero-order chi connectivity index (χ0) is 29.7. The van der Waals surface area contributed by atoms with E-state index in [1.807, 2.05) is 12.1 Å². The van der Waals surface area contributed by atoms with E-state index in [4.69, 9.17) is 4.74 Å². The zero-order valence-electron chi connectivity index (χ0n) is 24.8. The van der Waals surface area contributed by atoms with Gasteiger partial charge in [0.25, 0.3) is 0 Å². The van der Waals surface area contributed by atoms with E-state index in [1.54, 1.807) is 0 Å². The Hall–Kier alpha value is -5.54. The van der Waals surface area contributed by atoms with Gasteiger partial charge in [0.05, 0.1) is 17.6 Å². The predicted molar refractivity (Wildman–Crippen MR) is 187 cm³/mol. The number of hydrogen-bond donors (Lipinski definition) is 0. The molecule has 0 aliphatic carbocycles. The van der Waals surface area contributed by atoms with Crippen molar-refractivity contribution in [3.05, 3.63) is 163 Å². The molecule has 1 aromatic heterocycles. The average Bonchev–Trinajstić information content (AvgIpc) is 3.42. The van der Waals surface area contributed by atoms with E-state index in [1.165, 1.54) is 21.8 Å². The molecule has 3 nitrogen and oxygen atoms in total. The number of rotatable bonds is 9. The normalized spacial score (nSPS) is 11.4. The zero-order valence-corrected chi connectivity index (χ0v) is 24.8. The van der Waals surface area contributed by atoms with E-state index in [0.717, 1.165) is 52.7 Å². The molecule has 1 heterocycles. The molecule has 0 atom stereocenters. The molecule has 0 amide bonds. The van der Waals surface area contributed by atoms with Gasteiger partial charge in [0, 0.05) is 33.5 Å². The molecular weight excluding hydrogens is 536 g/mol. The highest BCUT2D eigenvalue weighted by molar-refractivity contribution is 6.10. The largest absolute Gasteiger partial charge is 0.494 e. The Balaban J connectivity index is 1.25. The minimum absolute atomic E-state index is 0.742. The number of anilines is 3. The van der Waals surface area contributed by atoms with Gasteiger partial charge in [-0.1, -0.05) is 97.9 Å². The monoisotopic (exact) mass is 570 g/mol. The van der Waals surface area contributed by atoms with Gasteiger partial charge in [0.1, 0.15) is 5.75 Å². The summed E-state index contributed by atoms with van der Waals surface area (Å²) in [5.41, 5.74) is 9.20. The van der Waals surface area contributed by atoms with Crippen molar-refractivity contribution in [3.63, 3.8) is 0 Å². The second-order valence-electron chi connectivity index (χ2n) is 10.9. The van der Waals surface area contributed by atoms with Crippen LogP contribution in [0.5, 0.6) is 5.75 Å². The second-order valence-corrected chi connectivity index (χ2v) is 10.9. The molecule has 0 spiro atoms. The summed E-state index contributed by atoms with van der Waals surface area (Å²) in [5.74, 6) is 0.914. The van der Waals surface area contributed by atoms with Crippen LogP contribution in [0.4, 0.5) is 17.1 Å². The number of fused-ring (bicyclic) bond motifs is 3. The van der Waals surface area contributed by atoms with Crippen molar-refractivity contribution < 1.29 is 4.74 Å². The van der Waals surface area contributed by atoms with E-state index in [0.29, 0.717) is 0 Å². The first-order valence-corrected chi connectivity index (χ1v) is 15.2. The molecule has 214 valence electrons. The van der Waals surface area contributed by atoms with Gasteiger partial charge in [0.15, 0.2) is 0 Å². The summed E-state index contributed by atoms with van der Waals surface area (Å²) in [6.45, 7) is 2.86. The third kappa shape index (κ3) is 5.48. The van der Waals surface area contributed by atoms with Crippen LogP contribution in [0.15, 0.2) is 152 Å². The van der Waals surface area contributed by atoms with Crippen LogP contribution in [0, 0.1) is 0 Å². The van der Waals surface area contributed by atoms with Crippen LogP contribution in [0.3, 0.4) is 0 Å². The Morgan fingerprint density at radius 2 is 1.11 bits per heavy atom. The minimum Gasteiger partial charge on any atom is -0.494 e. The SMILES string of the molecule is CCCOc1ccc(/C=C/c2ccc(N(c3ccccc3)c3ccc4c(c3)c3ccccc3n4-c3ccccc3)cc2)cc1. The van der Waals surface area contributed by atoms with E-state index in [2.05, 4.69) is 168 Å². The van der Waals surface area contributed by atoms with Gasteiger partial charge in [-0.3, -0.25) is 0 Å². The lowest BCUT2D eigenvalue weighted by atomic mass is 10.1. The lowest BCUT2D eigenvalue weighted by molar-refractivity contribution is 0.317. The van der Waals surface area contributed by atoms with Gasteiger partial charge in [-0.15, -0.1) is 0 Å². The van der Waals surface area contributed by atoms with Crippen molar-refractivity contribution in [2.24, 2.45) is 0 Å². The molecule has 0 fully saturated rings. The number of benzene rings is 6. The molecule has 0 radical (unpaired) electrons. The quantitative estimate of drug-likeness (QED) is 0.161. The summed E-state index contributed by atoms with van der Waals surface area (Å²) < 4.78 is 8.07. The Morgan fingerprint density at radius 1 is 0.545 bits per heavy atom. The highest BCUT2D eigenvalue weighted by Gasteiger charge is 2.17. The molecule has 7 rings (SSSR count). The van der Waals surface area contributed by atoms with Crippen LogP contribution in [0.25, 0.3) is 39.6 Å². The molecule has 0 aliphatic rings. The van der Waals surface area contributed by atoms with Crippen LogP contribution in [-0.4, -0.2) is 11.2 Å². The smallest absolute Gasteiger partial charge is 0.119 e. The lowest BCUT2D eigenvalue weighted by Crippen LogP contribution is -2.09. The second kappa shape index (κ2) is 12.4. The number of aromatic nitrogens is 1. The lowest BCUT2D eigenvalue weighted by Gasteiger charge is -2.25. The summed E-state index contributed by atoms with van der Waals surface area (Å²) in [4.78, 5) is 2.33. The van der Waals surface area contributed by atoms with Gasteiger partial charge in [-0.05, 0) is 90.3 Å². The van der Waals surface area contributed by atoms with Crippen LogP contribution >= 0.6 is 0 Å². The van der Waals surface area contributed by atoms with Crippen molar-refractivity contribution in [2.45, 2.75) is 13.3 Å². The van der Waals surface area contributed by atoms with Crippen LogP contribution in [0.1, 0.15) is 24.5 Å². The van der Waals surface area contributed by atoms with Gasteiger partial charge in [0.2, 0.25) is 0 Å². The first-order chi connectivity index (χ1) is 21.8. The molecule has 0 N–H and O–H groups in total. The first-order valence-electron chi connectivity index (χ1n) is 15.2. The molecule has 0 bridgehead atoms. The molecule has 6 aromatic carbocycles. The predicted octanol–water partition coefficient (Wildman–Crippen LogP) is 11.2. The fraction of sp³-hybridized carbons (Fsp3) is 0.0732. The van der Waals surface area contributed by atoms with Crippen LogP contribution in [0.2, 0.25) is 0 Å². The summed E-state index contributed by atoms with van der Waals surface area (Å²) in [5, 5.41) is 2.47. The molecule has 44 heavy (non-hydrogen) atoms. The number of nitrogens with zero attached hydrogens (tertiary/aromatic N) is 2. The van der Waals surface area contributed by atoms with Crippen molar-refractivity contribution in [1.82, 2.24) is 4.57 Å².